The van der Waals surface area contributed by atoms with Crippen LogP contribution in [0.5, 0.6) is 11.6 Å². The maximum absolute atomic E-state index is 6.57. The van der Waals surface area contributed by atoms with Crippen molar-refractivity contribution in [2.45, 2.75) is 32.4 Å². The summed E-state index contributed by atoms with van der Waals surface area (Å²) in [5.41, 5.74) is 4.60. The van der Waals surface area contributed by atoms with Crippen LogP contribution in [0.15, 0.2) is 73.2 Å². The predicted octanol–water partition coefficient (Wildman–Crippen LogP) is 5.30. The van der Waals surface area contributed by atoms with Crippen molar-refractivity contribution >= 4 is 22.4 Å². The highest BCUT2D eigenvalue weighted by atomic mass is 16.5. The van der Waals surface area contributed by atoms with Crippen molar-refractivity contribution in [3.63, 3.8) is 0 Å². The number of benzene rings is 2. The zero-order chi connectivity index (χ0) is 26.6. The molecule has 1 atom stereocenters. The number of nitrogens with zero attached hydrogens (tertiary/aromatic N) is 5. The normalized spacial score (nSPS) is 15.3. The first-order chi connectivity index (χ1) is 19.1. The Hall–Kier alpha value is -4.50. The number of ether oxygens (including phenoxy) is 1. The van der Waals surface area contributed by atoms with Crippen molar-refractivity contribution in [2.75, 3.05) is 23.7 Å². The third kappa shape index (κ3) is 5.53. The Morgan fingerprint density at radius 3 is 2.82 bits per heavy atom. The molecule has 3 aromatic heterocycles. The molecule has 4 heterocycles. The van der Waals surface area contributed by atoms with Crippen LogP contribution in [-0.2, 0) is 13.6 Å². The van der Waals surface area contributed by atoms with Crippen molar-refractivity contribution < 1.29 is 4.74 Å². The van der Waals surface area contributed by atoms with E-state index in [9.17, 15) is 0 Å². The van der Waals surface area contributed by atoms with Gasteiger partial charge in [-0.25, -0.2) is 15.0 Å². The van der Waals surface area contributed by atoms with E-state index in [0.29, 0.717) is 24.4 Å². The molecule has 3 N–H and O–H groups in total. The molecule has 9 heteroatoms. The predicted molar refractivity (Wildman–Crippen MR) is 154 cm³/mol. The second kappa shape index (κ2) is 11.1. The number of hydrogen-bond acceptors (Lipinski definition) is 8. The standard InChI is InChI=1S/C30H32N8O/c1-20-10-11-23-24(7-3-9-26(23)34-19-22-13-17-38(2)37-22)28(20)39-29-25(8-5-15-32-29)27-12-16-33-30(36-27)35-21-6-4-14-31-18-21/h3,5,7-13,15-17,21,31,34H,4,6,14,18-19H2,1-2H3,(H,33,35,36). The number of fused-ring (bicyclic) bond motifs is 1. The minimum Gasteiger partial charge on any atom is -0.437 e. The van der Waals surface area contributed by atoms with E-state index in [0.717, 1.165) is 70.7 Å². The van der Waals surface area contributed by atoms with Gasteiger partial charge >= 0.3 is 0 Å². The van der Waals surface area contributed by atoms with E-state index >= 15 is 0 Å². The first-order valence-corrected chi connectivity index (χ1v) is 13.3. The smallest absolute Gasteiger partial charge is 0.228 e. The van der Waals surface area contributed by atoms with Gasteiger partial charge in [-0.2, -0.15) is 5.10 Å². The molecule has 9 nitrogen and oxygen atoms in total. The van der Waals surface area contributed by atoms with Crippen LogP contribution >= 0.6 is 0 Å². The van der Waals surface area contributed by atoms with E-state index in [2.05, 4.69) is 62.2 Å². The number of aryl methyl sites for hydroxylation is 2. The van der Waals surface area contributed by atoms with Gasteiger partial charge in [0.2, 0.25) is 11.8 Å². The Morgan fingerprint density at radius 1 is 1.03 bits per heavy atom. The highest BCUT2D eigenvalue weighted by Crippen LogP contribution is 2.38. The quantitative estimate of drug-likeness (QED) is 0.253. The number of nitrogens with one attached hydrogen (secondary N) is 3. The van der Waals surface area contributed by atoms with E-state index < -0.39 is 0 Å². The topological polar surface area (TPSA) is 102 Å². The van der Waals surface area contributed by atoms with Crippen molar-refractivity contribution in [1.82, 2.24) is 30.0 Å². The van der Waals surface area contributed by atoms with Crippen LogP contribution in [0.25, 0.3) is 22.0 Å². The number of rotatable bonds is 8. The second-order valence-electron chi connectivity index (χ2n) is 9.86. The third-order valence-corrected chi connectivity index (χ3v) is 6.97. The molecule has 6 rings (SSSR count). The Labute approximate surface area is 227 Å². The monoisotopic (exact) mass is 520 g/mol. The first-order valence-electron chi connectivity index (χ1n) is 13.3. The highest BCUT2D eigenvalue weighted by molar-refractivity contribution is 5.98. The van der Waals surface area contributed by atoms with Crippen molar-refractivity contribution in [3.8, 4) is 22.9 Å². The van der Waals surface area contributed by atoms with Crippen LogP contribution in [0.3, 0.4) is 0 Å². The van der Waals surface area contributed by atoms with Gasteiger partial charge in [0.1, 0.15) is 5.75 Å². The average Bonchev–Trinajstić information content (AvgIpc) is 3.39. The number of pyridine rings is 1. The summed E-state index contributed by atoms with van der Waals surface area (Å²) >= 11 is 0. The molecule has 0 amide bonds. The SMILES string of the molecule is Cc1ccc2c(NCc3ccn(C)n3)cccc2c1Oc1ncccc1-c1ccnc(NC2CCCNC2)n1. The van der Waals surface area contributed by atoms with E-state index in [4.69, 9.17) is 9.72 Å². The molecule has 0 radical (unpaired) electrons. The molecule has 1 unspecified atom stereocenters. The van der Waals surface area contributed by atoms with Gasteiger partial charge in [-0.1, -0.05) is 24.3 Å². The molecule has 198 valence electrons. The molecular formula is C30H32N8O. The number of piperidine rings is 1. The van der Waals surface area contributed by atoms with Gasteiger partial charge in [0.25, 0.3) is 0 Å². The van der Waals surface area contributed by atoms with Gasteiger partial charge in [0.15, 0.2) is 0 Å². The number of aromatic nitrogens is 5. The van der Waals surface area contributed by atoms with Crippen LogP contribution in [0.2, 0.25) is 0 Å². The second-order valence-corrected chi connectivity index (χ2v) is 9.86. The molecule has 0 saturated carbocycles. The molecule has 0 bridgehead atoms. The summed E-state index contributed by atoms with van der Waals surface area (Å²) in [6.07, 6.45) is 7.71. The van der Waals surface area contributed by atoms with Gasteiger partial charge in [0.05, 0.1) is 23.5 Å². The third-order valence-electron chi connectivity index (χ3n) is 6.97. The summed E-state index contributed by atoms with van der Waals surface area (Å²) in [6, 6.07) is 18.5. The Balaban J connectivity index is 1.30. The highest BCUT2D eigenvalue weighted by Gasteiger charge is 2.17. The van der Waals surface area contributed by atoms with Gasteiger partial charge in [-0.05, 0) is 62.2 Å². The minimum absolute atomic E-state index is 0.317. The molecule has 1 saturated heterocycles. The van der Waals surface area contributed by atoms with Crippen LogP contribution < -0.4 is 20.7 Å². The fourth-order valence-corrected chi connectivity index (χ4v) is 4.97. The van der Waals surface area contributed by atoms with Gasteiger partial charge in [0, 0.05) is 54.7 Å². The maximum atomic E-state index is 6.57. The summed E-state index contributed by atoms with van der Waals surface area (Å²) in [5, 5.41) is 17.0. The lowest BCUT2D eigenvalue weighted by atomic mass is 10.0. The average molecular weight is 521 g/mol. The van der Waals surface area contributed by atoms with Gasteiger partial charge in [-0.15, -0.1) is 0 Å². The Morgan fingerprint density at radius 2 is 1.97 bits per heavy atom. The zero-order valence-corrected chi connectivity index (χ0v) is 22.2. The van der Waals surface area contributed by atoms with Crippen LogP contribution in [-0.4, -0.2) is 43.9 Å². The maximum Gasteiger partial charge on any atom is 0.228 e. The molecule has 0 spiro atoms. The van der Waals surface area contributed by atoms with Crippen molar-refractivity contribution in [1.29, 1.82) is 0 Å². The molecule has 1 aliphatic rings. The lowest BCUT2D eigenvalue weighted by molar-refractivity contribution is 0.466. The van der Waals surface area contributed by atoms with E-state index in [1.165, 1.54) is 0 Å². The summed E-state index contributed by atoms with van der Waals surface area (Å²) in [7, 11) is 1.92. The molecule has 39 heavy (non-hydrogen) atoms. The zero-order valence-electron chi connectivity index (χ0n) is 22.2. The summed E-state index contributed by atoms with van der Waals surface area (Å²) < 4.78 is 8.38. The lowest BCUT2D eigenvalue weighted by Crippen LogP contribution is -2.38. The summed E-state index contributed by atoms with van der Waals surface area (Å²) in [4.78, 5) is 13.9. The first kappa shape index (κ1) is 24.8. The van der Waals surface area contributed by atoms with Crippen LogP contribution in [0.1, 0.15) is 24.1 Å². The molecule has 1 fully saturated rings. The number of anilines is 2. The van der Waals surface area contributed by atoms with Crippen molar-refractivity contribution in [2.24, 2.45) is 7.05 Å². The molecule has 5 aromatic rings. The molecule has 1 aliphatic heterocycles. The largest absolute Gasteiger partial charge is 0.437 e. The summed E-state index contributed by atoms with van der Waals surface area (Å²) in [6.45, 7) is 4.66. The van der Waals surface area contributed by atoms with E-state index in [1.54, 1.807) is 12.4 Å². The van der Waals surface area contributed by atoms with Crippen molar-refractivity contribution in [3.05, 3.63) is 84.4 Å². The van der Waals surface area contributed by atoms with E-state index in [-0.39, 0.29) is 0 Å². The summed E-state index contributed by atoms with van der Waals surface area (Å²) in [5.74, 6) is 1.89. The fraction of sp³-hybridized carbons (Fsp3) is 0.267. The molecule has 0 aliphatic carbocycles. The molecule has 2 aromatic carbocycles. The minimum atomic E-state index is 0.317. The van der Waals surface area contributed by atoms with E-state index in [1.807, 2.05) is 48.3 Å². The molecular weight excluding hydrogens is 488 g/mol. The van der Waals surface area contributed by atoms with Gasteiger partial charge < -0.3 is 20.7 Å². The Kier molecular flexibility index (Phi) is 7.05. The van der Waals surface area contributed by atoms with Gasteiger partial charge in [-0.3, -0.25) is 4.68 Å². The Bertz CT molecular complexity index is 1590. The fourth-order valence-electron chi connectivity index (χ4n) is 4.97. The van der Waals surface area contributed by atoms with Crippen LogP contribution in [0, 0.1) is 6.92 Å². The number of hydrogen-bond donors (Lipinski definition) is 3. The lowest BCUT2D eigenvalue weighted by Gasteiger charge is -2.23. The van der Waals surface area contributed by atoms with Crippen LogP contribution in [0.4, 0.5) is 11.6 Å².